The van der Waals surface area contributed by atoms with Gasteiger partial charge in [0.1, 0.15) is 6.61 Å². The van der Waals surface area contributed by atoms with Crippen molar-refractivity contribution in [2.24, 2.45) is 0 Å². The SMILES string of the molecule is CCSCCOC(=O)C1=C(C)NC2=C(C(=O)C[C@@H](c3ccccc3Cl)C2)[C@H]1c1cccc([N+](=O)[O-])c1. The predicted molar refractivity (Wildman–Crippen MR) is 141 cm³/mol. The minimum absolute atomic E-state index is 0.102. The zero-order valence-electron chi connectivity index (χ0n) is 20.1. The normalized spacial score (nSPS) is 19.6. The number of hydrogen-bond acceptors (Lipinski definition) is 7. The van der Waals surface area contributed by atoms with Crippen LogP contribution in [0.25, 0.3) is 0 Å². The number of nitro benzene ring substituents is 1. The van der Waals surface area contributed by atoms with Crippen LogP contribution in [0.2, 0.25) is 5.02 Å². The second-order valence-electron chi connectivity index (χ2n) is 8.72. The summed E-state index contributed by atoms with van der Waals surface area (Å²) in [6.07, 6.45) is 0.757. The zero-order chi connectivity index (χ0) is 25.8. The van der Waals surface area contributed by atoms with E-state index in [0.717, 1.165) is 11.3 Å². The Morgan fingerprint density at radius 3 is 2.72 bits per heavy atom. The van der Waals surface area contributed by atoms with Crippen LogP contribution in [-0.2, 0) is 14.3 Å². The number of nitro groups is 1. The van der Waals surface area contributed by atoms with Gasteiger partial charge in [0.25, 0.3) is 5.69 Å². The van der Waals surface area contributed by atoms with Crippen LogP contribution in [0.1, 0.15) is 49.7 Å². The van der Waals surface area contributed by atoms with E-state index in [4.69, 9.17) is 16.3 Å². The van der Waals surface area contributed by atoms with Gasteiger partial charge in [-0.2, -0.15) is 11.8 Å². The number of halogens is 1. The minimum atomic E-state index is -0.757. The van der Waals surface area contributed by atoms with Gasteiger partial charge in [-0.15, -0.1) is 0 Å². The molecule has 7 nitrogen and oxygen atoms in total. The van der Waals surface area contributed by atoms with E-state index in [-0.39, 0.29) is 30.4 Å². The lowest BCUT2D eigenvalue weighted by atomic mass is 9.71. The zero-order valence-corrected chi connectivity index (χ0v) is 21.7. The molecule has 0 aromatic heterocycles. The first-order valence-corrected chi connectivity index (χ1v) is 13.3. The molecule has 9 heteroatoms. The summed E-state index contributed by atoms with van der Waals surface area (Å²) in [6.45, 7) is 4.04. The van der Waals surface area contributed by atoms with Crippen LogP contribution in [-0.4, -0.2) is 34.8 Å². The number of ketones is 1. The molecular weight excluding hydrogens is 500 g/mol. The fourth-order valence-electron chi connectivity index (χ4n) is 4.90. The maximum absolute atomic E-state index is 13.6. The van der Waals surface area contributed by atoms with Crippen LogP contribution in [0.4, 0.5) is 5.69 Å². The van der Waals surface area contributed by atoms with Crippen molar-refractivity contribution in [1.82, 2.24) is 5.32 Å². The lowest BCUT2D eigenvalue weighted by Gasteiger charge is -2.36. The Bertz CT molecular complexity index is 1270. The molecule has 2 aromatic rings. The standard InChI is InChI=1S/C27H27ClN2O5S/c1-3-36-12-11-35-27(32)24-16(2)29-22-14-18(20-9-4-5-10-21(20)28)15-23(31)26(22)25(24)17-7-6-8-19(13-17)30(33)34/h4-10,13,18,25,29H,3,11-12,14-15H2,1-2H3/t18-,25-/m0/s1. The number of carbonyl (C=O) groups excluding carboxylic acids is 2. The molecule has 0 saturated carbocycles. The van der Waals surface area contributed by atoms with Crippen molar-refractivity contribution in [3.8, 4) is 0 Å². The van der Waals surface area contributed by atoms with Crippen molar-refractivity contribution in [2.45, 2.75) is 38.5 Å². The molecule has 0 unspecified atom stereocenters. The Labute approximate surface area is 219 Å². The number of allylic oxidation sites excluding steroid dienone is 3. The minimum Gasteiger partial charge on any atom is -0.461 e. The molecule has 2 atom stereocenters. The second kappa shape index (κ2) is 11.3. The van der Waals surface area contributed by atoms with Crippen LogP contribution in [0.3, 0.4) is 0 Å². The molecule has 0 saturated heterocycles. The average molecular weight is 527 g/mol. The van der Waals surface area contributed by atoms with E-state index in [2.05, 4.69) is 5.32 Å². The molecule has 0 bridgehead atoms. The number of nitrogens with zero attached hydrogens (tertiary/aromatic N) is 1. The largest absolute Gasteiger partial charge is 0.461 e. The fourth-order valence-corrected chi connectivity index (χ4v) is 5.68. The average Bonchev–Trinajstić information content (AvgIpc) is 2.86. The van der Waals surface area contributed by atoms with Gasteiger partial charge in [0.05, 0.1) is 10.5 Å². The lowest BCUT2D eigenvalue weighted by Crippen LogP contribution is -2.36. The molecule has 2 aromatic carbocycles. The Morgan fingerprint density at radius 2 is 2.00 bits per heavy atom. The summed E-state index contributed by atoms with van der Waals surface area (Å²) < 4.78 is 5.56. The first-order chi connectivity index (χ1) is 17.3. The molecule has 2 aliphatic rings. The molecule has 0 amide bonds. The van der Waals surface area contributed by atoms with Gasteiger partial charge in [0.2, 0.25) is 0 Å². The summed E-state index contributed by atoms with van der Waals surface area (Å²) >= 11 is 8.09. The number of ether oxygens (including phenoxy) is 1. The van der Waals surface area contributed by atoms with Crippen LogP contribution in [0.15, 0.2) is 71.1 Å². The van der Waals surface area contributed by atoms with Gasteiger partial charge < -0.3 is 10.1 Å². The highest BCUT2D eigenvalue weighted by atomic mass is 35.5. The number of nitrogens with one attached hydrogen (secondary N) is 1. The summed E-state index contributed by atoms with van der Waals surface area (Å²) in [5, 5.41) is 15.4. The Morgan fingerprint density at radius 1 is 1.22 bits per heavy atom. The number of hydrogen-bond donors (Lipinski definition) is 1. The Kier molecular flexibility index (Phi) is 8.16. The number of Topliss-reactive ketones (excluding diaryl/α,β-unsaturated/α-hetero) is 1. The molecular formula is C27H27ClN2O5S. The topological polar surface area (TPSA) is 98.5 Å². The van der Waals surface area contributed by atoms with Crippen molar-refractivity contribution < 1.29 is 19.2 Å². The van der Waals surface area contributed by atoms with Crippen LogP contribution < -0.4 is 5.32 Å². The van der Waals surface area contributed by atoms with Crippen molar-refractivity contribution in [3.63, 3.8) is 0 Å². The van der Waals surface area contributed by atoms with Gasteiger partial charge in [0, 0.05) is 52.2 Å². The Balaban J connectivity index is 1.76. The number of carbonyl (C=O) groups is 2. The van der Waals surface area contributed by atoms with Crippen LogP contribution in [0.5, 0.6) is 0 Å². The third kappa shape index (κ3) is 5.34. The van der Waals surface area contributed by atoms with Crippen molar-refractivity contribution >= 4 is 40.8 Å². The summed E-state index contributed by atoms with van der Waals surface area (Å²) in [4.78, 5) is 37.9. The molecule has 0 spiro atoms. The number of benzene rings is 2. The highest BCUT2D eigenvalue weighted by Gasteiger charge is 2.42. The number of non-ortho nitro benzene ring substituents is 1. The molecule has 36 heavy (non-hydrogen) atoms. The summed E-state index contributed by atoms with van der Waals surface area (Å²) in [5.41, 5.74) is 3.36. The maximum atomic E-state index is 13.6. The second-order valence-corrected chi connectivity index (χ2v) is 10.5. The Hall–Kier alpha value is -3.10. The van der Waals surface area contributed by atoms with E-state index in [9.17, 15) is 19.7 Å². The molecule has 0 fully saturated rings. The van der Waals surface area contributed by atoms with Gasteiger partial charge in [-0.25, -0.2) is 4.79 Å². The lowest BCUT2D eigenvalue weighted by molar-refractivity contribution is -0.384. The van der Waals surface area contributed by atoms with Gasteiger partial charge in [-0.1, -0.05) is 48.9 Å². The molecule has 1 heterocycles. The fraction of sp³-hybridized carbons (Fsp3) is 0.333. The van der Waals surface area contributed by atoms with Crippen molar-refractivity contribution in [1.29, 1.82) is 0 Å². The summed E-state index contributed by atoms with van der Waals surface area (Å²) in [6, 6.07) is 13.6. The number of esters is 1. The molecule has 0 radical (unpaired) electrons. The van der Waals surface area contributed by atoms with Crippen molar-refractivity contribution in [2.75, 3.05) is 18.1 Å². The quantitative estimate of drug-likeness (QED) is 0.198. The number of rotatable bonds is 8. The third-order valence-corrected chi connectivity index (χ3v) is 7.68. The van der Waals surface area contributed by atoms with E-state index in [1.807, 2.05) is 31.2 Å². The van der Waals surface area contributed by atoms with Gasteiger partial charge in [0.15, 0.2) is 5.78 Å². The predicted octanol–water partition coefficient (Wildman–Crippen LogP) is 5.91. The number of dihydropyridines is 1. The summed E-state index contributed by atoms with van der Waals surface area (Å²) in [7, 11) is 0. The van der Waals surface area contributed by atoms with Crippen LogP contribution >= 0.6 is 23.4 Å². The highest BCUT2D eigenvalue weighted by molar-refractivity contribution is 7.99. The van der Waals surface area contributed by atoms with E-state index in [1.165, 1.54) is 12.1 Å². The molecule has 1 N–H and O–H groups in total. The van der Waals surface area contributed by atoms with Crippen molar-refractivity contribution in [3.05, 3.63) is 97.3 Å². The third-order valence-electron chi connectivity index (χ3n) is 6.47. The van der Waals surface area contributed by atoms with E-state index < -0.39 is 16.8 Å². The molecule has 4 rings (SSSR count). The van der Waals surface area contributed by atoms with Gasteiger partial charge >= 0.3 is 5.97 Å². The first kappa shape index (κ1) is 26.0. The first-order valence-electron chi connectivity index (χ1n) is 11.8. The maximum Gasteiger partial charge on any atom is 0.336 e. The highest BCUT2D eigenvalue weighted by Crippen LogP contribution is 2.46. The molecule has 188 valence electrons. The van der Waals surface area contributed by atoms with Gasteiger partial charge in [-0.05, 0) is 42.2 Å². The van der Waals surface area contributed by atoms with Gasteiger partial charge in [-0.3, -0.25) is 14.9 Å². The van der Waals surface area contributed by atoms with E-state index in [0.29, 0.717) is 45.3 Å². The van der Waals surface area contributed by atoms with E-state index in [1.54, 1.807) is 30.8 Å². The number of thioether (sulfide) groups is 1. The van der Waals surface area contributed by atoms with Crippen LogP contribution in [0, 0.1) is 10.1 Å². The molecule has 1 aliphatic carbocycles. The monoisotopic (exact) mass is 526 g/mol. The molecule has 1 aliphatic heterocycles. The van der Waals surface area contributed by atoms with E-state index >= 15 is 0 Å². The smallest absolute Gasteiger partial charge is 0.336 e. The summed E-state index contributed by atoms with van der Waals surface area (Å²) in [5.74, 6) is 0.0534.